The Hall–Kier alpha value is -2.73. The number of benzene rings is 3. The molecule has 0 aromatic heterocycles. The summed E-state index contributed by atoms with van der Waals surface area (Å²) in [6, 6.07) is 19.1. The molecule has 0 fully saturated rings. The van der Waals surface area contributed by atoms with Gasteiger partial charge in [-0.25, -0.2) is 0 Å². The Morgan fingerprint density at radius 2 is 1.09 bits per heavy atom. The van der Waals surface area contributed by atoms with E-state index in [0.29, 0.717) is 0 Å². The summed E-state index contributed by atoms with van der Waals surface area (Å²) in [6.45, 7) is 15.2. The second-order valence-electron chi connectivity index (χ2n) is 8.38. The van der Waals surface area contributed by atoms with Crippen molar-refractivity contribution >= 4 is 21.7 Å². The Labute approximate surface area is 203 Å². The van der Waals surface area contributed by atoms with Crippen LogP contribution in [0.3, 0.4) is 0 Å². The topological polar surface area (TPSA) is 6.48 Å². The average molecular weight is 509 g/mol. The van der Waals surface area contributed by atoms with Crippen molar-refractivity contribution in [2.75, 3.05) is 9.80 Å². The van der Waals surface area contributed by atoms with Crippen LogP contribution in [0, 0.1) is 48.2 Å². The van der Waals surface area contributed by atoms with Crippen molar-refractivity contribution in [3.63, 3.8) is 0 Å². The van der Waals surface area contributed by atoms with Gasteiger partial charge in [-0.15, -0.1) is 6.67 Å². The van der Waals surface area contributed by atoms with Crippen LogP contribution in [0.5, 0.6) is 0 Å². The second-order valence-corrected chi connectivity index (χ2v) is 8.88. The van der Waals surface area contributed by atoms with E-state index in [1.807, 2.05) is 36.4 Å². The first-order valence-corrected chi connectivity index (χ1v) is 11.7. The van der Waals surface area contributed by atoms with E-state index in [2.05, 4.69) is 117 Å². The van der Waals surface area contributed by atoms with Crippen LogP contribution < -0.4 is 9.80 Å². The Balaban J connectivity index is 0.000000269. The third-order valence-electron chi connectivity index (χ3n) is 5.44. The molecule has 0 radical (unpaired) electrons. The fourth-order valence-electron chi connectivity index (χ4n) is 4.39. The zero-order valence-electron chi connectivity index (χ0n) is 19.8. The second kappa shape index (κ2) is 10.7. The SMILES string of the molecule is Cc1cc(C)c(N2C=CN(c3c(C)cc(C)cc3C)[CH-]2)c(C)c1.[Ru+]=[C]=Cc1ccccc1. The molecule has 165 valence electrons. The average Bonchev–Trinajstić information content (AvgIpc) is 3.17. The summed E-state index contributed by atoms with van der Waals surface area (Å²) >= 11 is 2.34. The fraction of sp³-hybridized carbons (Fsp3) is 0.207. The standard InChI is InChI=1S/C21H25N2.C8H6.Ru/c1-14-9-16(3)20(17(4)10-14)22-7-8-23(13-22)21-18(5)11-15(2)12-19(21)6;1-2-8-6-4-3-5-7-8;/h7-13H,1-6H3;2-7H;/q-1;;+1. The van der Waals surface area contributed by atoms with Crippen molar-refractivity contribution in [1.82, 2.24) is 0 Å². The summed E-state index contributed by atoms with van der Waals surface area (Å²) in [4.78, 5) is 4.45. The van der Waals surface area contributed by atoms with Gasteiger partial charge < -0.3 is 9.80 Å². The van der Waals surface area contributed by atoms with E-state index < -0.39 is 0 Å². The number of hydrogen-bond donors (Lipinski definition) is 0. The fourth-order valence-corrected chi connectivity index (χ4v) is 4.68. The Kier molecular flexibility index (Phi) is 8.02. The molecule has 0 saturated carbocycles. The molecule has 3 aromatic rings. The van der Waals surface area contributed by atoms with E-state index >= 15 is 0 Å². The van der Waals surface area contributed by atoms with Gasteiger partial charge in [0.15, 0.2) is 0 Å². The van der Waals surface area contributed by atoms with Gasteiger partial charge in [-0.1, -0.05) is 35.4 Å². The molecule has 0 saturated heterocycles. The monoisotopic (exact) mass is 509 g/mol. The van der Waals surface area contributed by atoms with Crippen LogP contribution in [0.25, 0.3) is 6.08 Å². The van der Waals surface area contributed by atoms with Crippen LogP contribution in [0.2, 0.25) is 0 Å². The first kappa shape index (κ1) is 23.9. The van der Waals surface area contributed by atoms with Crippen LogP contribution >= 0.6 is 0 Å². The van der Waals surface area contributed by atoms with Crippen LogP contribution in [0.1, 0.15) is 38.9 Å². The number of anilines is 2. The Bertz CT molecular complexity index is 1060. The molecule has 0 unspecified atom stereocenters. The molecule has 0 spiro atoms. The van der Waals surface area contributed by atoms with Crippen molar-refractivity contribution in [3.8, 4) is 0 Å². The molecule has 1 aliphatic rings. The Morgan fingerprint density at radius 1 is 0.688 bits per heavy atom. The van der Waals surface area contributed by atoms with Crippen molar-refractivity contribution in [3.05, 3.63) is 113 Å². The molecule has 0 amide bonds. The number of aryl methyl sites for hydroxylation is 6. The van der Waals surface area contributed by atoms with Gasteiger partial charge in [0.25, 0.3) is 0 Å². The van der Waals surface area contributed by atoms with E-state index in [0.717, 1.165) is 0 Å². The van der Waals surface area contributed by atoms with Gasteiger partial charge >= 0.3 is 64.1 Å². The normalized spacial score (nSPS) is 12.3. The Morgan fingerprint density at radius 3 is 1.47 bits per heavy atom. The zero-order chi connectivity index (χ0) is 23.3. The summed E-state index contributed by atoms with van der Waals surface area (Å²) in [5, 5.41) is 0. The van der Waals surface area contributed by atoms with E-state index in [4.69, 9.17) is 0 Å². The van der Waals surface area contributed by atoms with E-state index in [1.54, 1.807) is 0 Å². The zero-order valence-corrected chi connectivity index (χ0v) is 21.5. The summed E-state index contributed by atoms with van der Waals surface area (Å²) in [5.41, 5.74) is 11.6. The predicted molar refractivity (Wildman–Crippen MR) is 136 cm³/mol. The molecule has 1 aliphatic heterocycles. The molecule has 3 heteroatoms. The first-order valence-electron chi connectivity index (χ1n) is 10.8. The van der Waals surface area contributed by atoms with E-state index in [1.165, 1.54) is 50.3 Å². The molecule has 2 nitrogen and oxygen atoms in total. The van der Waals surface area contributed by atoms with Crippen molar-refractivity contribution in [1.29, 1.82) is 0 Å². The molecular formula is C29H31N2Ru. The maximum atomic E-state index is 2.89. The van der Waals surface area contributed by atoms with Gasteiger partial charge in [0.2, 0.25) is 0 Å². The molecular weight excluding hydrogens is 477 g/mol. The molecule has 0 bridgehead atoms. The van der Waals surface area contributed by atoms with Crippen molar-refractivity contribution < 1.29 is 17.9 Å². The minimum absolute atomic E-state index is 1.19. The van der Waals surface area contributed by atoms with Gasteiger partial charge in [0.05, 0.1) is 0 Å². The predicted octanol–water partition coefficient (Wildman–Crippen LogP) is 7.10. The molecule has 32 heavy (non-hydrogen) atoms. The summed E-state index contributed by atoms with van der Waals surface area (Å²) < 4.78 is 2.89. The molecule has 0 aliphatic carbocycles. The van der Waals surface area contributed by atoms with E-state index in [-0.39, 0.29) is 0 Å². The quantitative estimate of drug-likeness (QED) is 0.275. The van der Waals surface area contributed by atoms with Crippen molar-refractivity contribution in [2.24, 2.45) is 0 Å². The van der Waals surface area contributed by atoms with Gasteiger partial charge in [0, 0.05) is 11.4 Å². The molecule has 1 heterocycles. The van der Waals surface area contributed by atoms with Crippen LogP contribution in [0.15, 0.2) is 67.0 Å². The van der Waals surface area contributed by atoms with Gasteiger partial charge in [-0.3, -0.25) is 0 Å². The van der Waals surface area contributed by atoms with E-state index in [9.17, 15) is 0 Å². The molecule has 4 rings (SSSR count). The summed E-state index contributed by atoms with van der Waals surface area (Å²) in [7, 11) is 0. The number of hydrogen-bond acceptors (Lipinski definition) is 2. The minimum atomic E-state index is 1.19. The molecule has 3 aromatic carbocycles. The summed E-state index contributed by atoms with van der Waals surface area (Å²) in [5.74, 6) is 0. The molecule has 0 atom stereocenters. The first-order chi connectivity index (χ1) is 15.3. The van der Waals surface area contributed by atoms with Gasteiger partial charge in [-0.2, -0.15) is 0 Å². The van der Waals surface area contributed by atoms with Crippen molar-refractivity contribution in [2.45, 2.75) is 41.5 Å². The number of rotatable bonds is 3. The van der Waals surface area contributed by atoms with Gasteiger partial charge in [-0.05, 0) is 76.2 Å². The maximum absolute atomic E-state index is 2.89. The van der Waals surface area contributed by atoms with Crippen LogP contribution in [-0.4, -0.2) is 4.26 Å². The van der Waals surface area contributed by atoms with Gasteiger partial charge in [0.1, 0.15) is 0 Å². The van der Waals surface area contributed by atoms with Crippen LogP contribution in [0.4, 0.5) is 11.4 Å². The third kappa shape index (κ3) is 5.74. The third-order valence-corrected chi connectivity index (χ3v) is 5.69. The molecule has 0 N–H and O–H groups in total. The summed E-state index contributed by atoms with van der Waals surface area (Å²) in [6.07, 6.45) is 6.21. The number of nitrogens with zero attached hydrogens (tertiary/aromatic N) is 2. The van der Waals surface area contributed by atoms with Crippen LogP contribution in [-0.2, 0) is 17.9 Å².